The summed E-state index contributed by atoms with van der Waals surface area (Å²) in [5.41, 5.74) is -2.42. The fourth-order valence-corrected chi connectivity index (χ4v) is 3.57. The average molecular weight is 474 g/mol. The Hall–Kier alpha value is -4.42. The largest absolute Gasteiger partial charge is 0.417 e. The summed E-state index contributed by atoms with van der Waals surface area (Å²) in [6.07, 6.45) is -0.538. The van der Waals surface area contributed by atoms with Crippen LogP contribution in [-0.2, 0) is 12.7 Å². The zero-order valence-corrected chi connectivity index (χ0v) is 16.7. The summed E-state index contributed by atoms with van der Waals surface area (Å²) in [6, 6.07) is 3.11. The van der Waals surface area contributed by atoms with Gasteiger partial charge in [0.1, 0.15) is 22.7 Å². The number of nitrogens with one attached hydrogen (secondary N) is 2. The summed E-state index contributed by atoms with van der Waals surface area (Å²) in [6.45, 7) is -0.138. The van der Waals surface area contributed by atoms with Gasteiger partial charge < -0.3 is 14.5 Å². The molecule has 0 aliphatic carbocycles. The fourth-order valence-electron chi connectivity index (χ4n) is 3.57. The Morgan fingerprint density at radius 2 is 1.94 bits per heavy atom. The van der Waals surface area contributed by atoms with Crippen molar-refractivity contribution < 1.29 is 26.7 Å². The van der Waals surface area contributed by atoms with Gasteiger partial charge in [0.25, 0.3) is 5.56 Å². The lowest BCUT2D eigenvalue weighted by molar-refractivity contribution is -0.137. The summed E-state index contributed by atoms with van der Waals surface area (Å²) < 4.78 is 67.8. The number of hydrogen-bond donors (Lipinski definition) is 2. The topological polar surface area (TPSA) is 109 Å². The summed E-state index contributed by atoms with van der Waals surface area (Å²) in [7, 11) is 0. The van der Waals surface area contributed by atoms with Gasteiger partial charge >= 0.3 is 6.18 Å². The lowest BCUT2D eigenvalue weighted by Gasteiger charge is -2.05. The van der Waals surface area contributed by atoms with Crippen LogP contribution in [0.25, 0.3) is 22.1 Å². The number of aromatic amines is 2. The van der Waals surface area contributed by atoms with Gasteiger partial charge in [-0.3, -0.25) is 9.59 Å². The van der Waals surface area contributed by atoms with Crippen LogP contribution in [0.4, 0.5) is 22.0 Å². The molecule has 0 spiro atoms. The van der Waals surface area contributed by atoms with E-state index >= 15 is 0 Å². The van der Waals surface area contributed by atoms with Crippen LogP contribution in [0.1, 0.15) is 27.3 Å². The second-order valence-electron chi connectivity index (χ2n) is 7.30. The second-order valence-corrected chi connectivity index (χ2v) is 7.30. The first kappa shape index (κ1) is 21.4. The number of halogens is 5. The molecule has 13 heteroatoms. The molecular formula is C21H11F5N6O2. The van der Waals surface area contributed by atoms with Crippen LogP contribution in [0.15, 0.2) is 47.8 Å². The van der Waals surface area contributed by atoms with Crippen molar-refractivity contribution in [3.8, 4) is 0 Å². The van der Waals surface area contributed by atoms with Crippen molar-refractivity contribution in [1.82, 2.24) is 29.5 Å². The Bertz CT molecular complexity index is 1630. The van der Waals surface area contributed by atoms with Gasteiger partial charge in [-0.2, -0.15) is 17.6 Å². The molecule has 0 aromatic carbocycles. The second kappa shape index (κ2) is 7.57. The maximum Gasteiger partial charge on any atom is 0.417 e. The highest BCUT2D eigenvalue weighted by atomic mass is 19.4. The van der Waals surface area contributed by atoms with E-state index in [1.165, 1.54) is 16.8 Å². The first-order chi connectivity index (χ1) is 16.1. The number of carbonyl (C=O) groups excluding carboxylic acids is 1. The van der Waals surface area contributed by atoms with Crippen LogP contribution in [0, 0.1) is 11.8 Å². The molecule has 8 nitrogen and oxygen atoms in total. The molecule has 0 unspecified atom stereocenters. The molecule has 0 saturated carbocycles. The summed E-state index contributed by atoms with van der Waals surface area (Å²) >= 11 is 0. The highest BCUT2D eigenvalue weighted by molar-refractivity contribution is 6.16. The smallest absolute Gasteiger partial charge is 0.356 e. The van der Waals surface area contributed by atoms with Crippen molar-refractivity contribution in [3.63, 3.8) is 0 Å². The van der Waals surface area contributed by atoms with Gasteiger partial charge in [0.15, 0.2) is 5.65 Å². The van der Waals surface area contributed by atoms with Crippen LogP contribution in [0.2, 0.25) is 0 Å². The third-order valence-corrected chi connectivity index (χ3v) is 5.18. The van der Waals surface area contributed by atoms with E-state index in [0.29, 0.717) is 6.20 Å². The number of hydrogen-bond acceptors (Lipinski definition) is 5. The van der Waals surface area contributed by atoms with E-state index in [2.05, 4.69) is 24.9 Å². The van der Waals surface area contributed by atoms with Gasteiger partial charge in [-0.15, -0.1) is 0 Å². The predicted molar refractivity (Wildman–Crippen MR) is 108 cm³/mol. The lowest BCUT2D eigenvalue weighted by atomic mass is 10.0. The molecule has 2 N–H and O–H groups in total. The Morgan fingerprint density at radius 3 is 2.68 bits per heavy atom. The van der Waals surface area contributed by atoms with Crippen LogP contribution < -0.4 is 5.56 Å². The van der Waals surface area contributed by atoms with Gasteiger partial charge in [-0.25, -0.2) is 19.3 Å². The molecular weight excluding hydrogens is 463 g/mol. The molecule has 0 bridgehead atoms. The summed E-state index contributed by atoms with van der Waals surface area (Å²) in [5, 5.41) is 0.134. The Labute approximate surface area is 185 Å². The van der Waals surface area contributed by atoms with E-state index < -0.39 is 40.4 Å². The molecule has 0 radical (unpaired) electrons. The third kappa shape index (κ3) is 3.50. The molecule has 0 aliphatic rings. The van der Waals surface area contributed by atoms with E-state index in [9.17, 15) is 31.5 Å². The van der Waals surface area contributed by atoms with Gasteiger partial charge in [-0.1, -0.05) is 0 Å². The van der Waals surface area contributed by atoms with E-state index in [0.717, 1.165) is 24.5 Å². The highest BCUT2D eigenvalue weighted by Gasteiger charge is 2.31. The minimum Gasteiger partial charge on any atom is -0.356 e. The van der Waals surface area contributed by atoms with Crippen LogP contribution in [-0.4, -0.2) is 35.3 Å². The Kier molecular flexibility index (Phi) is 4.77. The number of aromatic nitrogens is 6. The number of nitrogens with zero attached hydrogens (tertiary/aromatic N) is 4. The normalized spacial score (nSPS) is 12.0. The van der Waals surface area contributed by atoms with E-state index in [1.54, 1.807) is 0 Å². The Balaban J connectivity index is 1.50. The average Bonchev–Trinajstić information content (AvgIpc) is 3.38. The maximum absolute atomic E-state index is 14.0. The quantitative estimate of drug-likeness (QED) is 0.235. The van der Waals surface area contributed by atoms with E-state index in [1.807, 2.05) is 0 Å². The van der Waals surface area contributed by atoms with Crippen molar-refractivity contribution in [2.45, 2.75) is 12.7 Å². The molecule has 0 saturated heterocycles. The number of H-pyrrole nitrogens is 2. The van der Waals surface area contributed by atoms with E-state index in [4.69, 9.17) is 0 Å². The molecule has 172 valence electrons. The van der Waals surface area contributed by atoms with Crippen LogP contribution in [0.5, 0.6) is 0 Å². The van der Waals surface area contributed by atoms with Gasteiger partial charge in [-0.05, 0) is 18.2 Å². The molecule has 5 aromatic heterocycles. The fraction of sp³-hybridized carbons (Fsp3) is 0.0952. The van der Waals surface area contributed by atoms with Gasteiger partial charge in [0, 0.05) is 35.7 Å². The molecule has 5 heterocycles. The van der Waals surface area contributed by atoms with Crippen LogP contribution in [0.3, 0.4) is 0 Å². The maximum atomic E-state index is 14.0. The third-order valence-electron chi connectivity index (χ3n) is 5.18. The monoisotopic (exact) mass is 474 g/mol. The standard InChI is InChI=1S/C21H11F5N6O2/c22-12-1-3-27-18(23)15(12)17(33)11-7-28-16-10(11)2-4-32(20(16)34)8-14-30-13-5-9(21(24,25)26)6-29-19(13)31-14/h1-7,28H,8H2,(H,29,30,31). The van der Waals surface area contributed by atoms with Crippen molar-refractivity contribution in [3.05, 3.63) is 87.6 Å². The van der Waals surface area contributed by atoms with Gasteiger partial charge in [0.2, 0.25) is 11.7 Å². The molecule has 0 amide bonds. The molecule has 0 aliphatic heterocycles. The van der Waals surface area contributed by atoms with Crippen molar-refractivity contribution in [2.24, 2.45) is 0 Å². The highest BCUT2D eigenvalue weighted by Crippen LogP contribution is 2.30. The summed E-state index contributed by atoms with van der Waals surface area (Å²) in [5.74, 6) is -3.19. The number of ketones is 1. The molecule has 5 aromatic rings. The lowest BCUT2D eigenvalue weighted by Crippen LogP contribution is -2.21. The molecule has 34 heavy (non-hydrogen) atoms. The van der Waals surface area contributed by atoms with E-state index in [-0.39, 0.29) is 40.0 Å². The first-order valence-electron chi connectivity index (χ1n) is 9.60. The predicted octanol–water partition coefficient (Wildman–Crippen LogP) is 3.57. The summed E-state index contributed by atoms with van der Waals surface area (Å²) in [4.78, 5) is 42.0. The van der Waals surface area contributed by atoms with Crippen LogP contribution >= 0.6 is 0 Å². The van der Waals surface area contributed by atoms with Crippen molar-refractivity contribution in [2.75, 3.05) is 0 Å². The SMILES string of the molecule is O=C(c1c(F)ccnc1F)c1c[nH]c2c(=O)n(Cc3nc4ncc(C(F)(F)F)cc4[nH]3)ccc12. The molecule has 0 atom stereocenters. The zero-order chi connectivity index (χ0) is 24.2. The molecule has 5 rings (SSSR count). The number of rotatable bonds is 4. The minimum absolute atomic E-state index is 0.0100. The number of alkyl halides is 3. The minimum atomic E-state index is -4.57. The van der Waals surface area contributed by atoms with Gasteiger partial charge in [0.05, 0.1) is 17.6 Å². The van der Waals surface area contributed by atoms with Crippen molar-refractivity contribution in [1.29, 1.82) is 0 Å². The Morgan fingerprint density at radius 1 is 1.15 bits per heavy atom. The number of pyridine rings is 3. The first-order valence-corrected chi connectivity index (χ1v) is 9.60. The number of fused-ring (bicyclic) bond motifs is 2. The number of carbonyl (C=O) groups is 1. The zero-order valence-electron chi connectivity index (χ0n) is 16.7. The van der Waals surface area contributed by atoms with Crippen molar-refractivity contribution >= 4 is 27.9 Å². The molecule has 0 fully saturated rings. The number of imidazole rings is 1.